The Kier molecular flexibility index (Phi) is 4.57. The second-order valence-corrected chi connectivity index (χ2v) is 4.83. The molecule has 0 atom stereocenters. The monoisotopic (exact) mass is 277 g/mol. The van der Waals surface area contributed by atoms with Crippen molar-refractivity contribution in [2.45, 2.75) is 6.92 Å². The smallest absolute Gasteiger partial charge is 0.255 e. The lowest BCUT2D eigenvalue weighted by Crippen LogP contribution is -2.49. The fraction of sp³-hybridized carbons (Fsp3) is 0.429. The Morgan fingerprint density at radius 3 is 2.70 bits per heavy atom. The van der Waals surface area contributed by atoms with Gasteiger partial charge in [0.1, 0.15) is 5.75 Å². The molecule has 1 aromatic carbocycles. The van der Waals surface area contributed by atoms with Crippen molar-refractivity contribution >= 4 is 11.8 Å². The van der Waals surface area contributed by atoms with Crippen LogP contribution in [-0.4, -0.2) is 54.5 Å². The number of benzene rings is 1. The second-order valence-electron chi connectivity index (χ2n) is 4.83. The summed E-state index contributed by atoms with van der Waals surface area (Å²) in [7, 11) is 0. The van der Waals surface area contributed by atoms with Crippen molar-refractivity contribution < 1.29 is 14.7 Å². The Balaban J connectivity index is 1.89. The molecule has 6 nitrogen and oxygen atoms in total. The van der Waals surface area contributed by atoms with E-state index in [0.717, 1.165) is 18.7 Å². The van der Waals surface area contributed by atoms with Crippen molar-refractivity contribution in [2.24, 2.45) is 0 Å². The topological polar surface area (TPSA) is 81.7 Å². The van der Waals surface area contributed by atoms with Crippen molar-refractivity contribution in [1.29, 1.82) is 0 Å². The Morgan fingerprint density at radius 1 is 1.35 bits per heavy atom. The molecular formula is C14H19N3O3. The van der Waals surface area contributed by atoms with E-state index in [1.54, 1.807) is 17.0 Å². The van der Waals surface area contributed by atoms with Gasteiger partial charge in [-0.25, -0.2) is 0 Å². The van der Waals surface area contributed by atoms with Crippen molar-refractivity contribution in [1.82, 2.24) is 15.5 Å². The molecule has 0 spiro atoms. The molecule has 0 unspecified atom stereocenters. The van der Waals surface area contributed by atoms with Gasteiger partial charge in [0.2, 0.25) is 5.91 Å². The first-order chi connectivity index (χ1) is 9.58. The number of hydrogen-bond donors (Lipinski definition) is 3. The first-order valence-electron chi connectivity index (χ1n) is 6.64. The second kappa shape index (κ2) is 6.38. The van der Waals surface area contributed by atoms with Gasteiger partial charge in [0, 0.05) is 26.2 Å². The number of piperazine rings is 1. The fourth-order valence-electron chi connectivity index (χ4n) is 2.11. The summed E-state index contributed by atoms with van der Waals surface area (Å²) in [6.07, 6.45) is 0. The Hall–Kier alpha value is -2.08. The normalized spacial score (nSPS) is 14.9. The average Bonchev–Trinajstić information content (AvgIpc) is 2.45. The fourth-order valence-corrected chi connectivity index (χ4v) is 2.11. The minimum Gasteiger partial charge on any atom is -0.507 e. The van der Waals surface area contributed by atoms with E-state index in [1.165, 1.54) is 6.07 Å². The zero-order valence-electron chi connectivity index (χ0n) is 11.5. The number of rotatable bonds is 3. The van der Waals surface area contributed by atoms with Crippen LogP contribution in [0.15, 0.2) is 18.2 Å². The van der Waals surface area contributed by atoms with E-state index in [0.29, 0.717) is 13.1 Å². The van der Waals surface area contributed by atoms with E-state index in [4.69, 9.17) is 0 Å². The quantitative estimate of drug-likeness (QED) is 0.718. The first-order valence-corrected chi connectivity index (χ1v) is 6.64. The van der Waals surface area contributed by atoms with E-state index in [-0.39, 0.29) is 23.8 Å². The summed E-state index contributed by atoms with van der Waals surface area (Å²) in [6.45, 7) is 4.65. The molecule has 2 amide bonds. The highest BCUT2D eigenvalue weighted by molar-refractivity contribution is 5.98. The van der Waals surface area contributed by atoms with Gasteiger partial charge in [-0.3, -0.25) is 9.59 Å². The zero-order chi connectivity index (χ0) is 14.5. The van der Waals surface area contributed by atoms with E-state index in [1.807, 2.05) is 6.92 Å². The molecule has 2 rings (SSSR count). The Labute approximate surface area is 117 Å². The van der Waals surface area contributed by atoms with Gasteiger partial charge in [-0.05, 0) is 24.6 Å². The van der Waals surface area contributed by atoms with E-state index >= 15 is 0 Å². The molecule has 0 radical (unpaired) electrons. The predicted molar refractivity (Wildman–Crippen MR) is 74.6 cm³/mol. The highest BCUT2D eigenvalue weighted by atomic mass is 16.3. The molecule has 6 heteroatoms. The molecule has 0 bridgehead atoms. The summed E-state index contributed by atoms with van der Waals surface area (Å²) in [6, 6.07) is 4.81. The Morgan fingerprint density at radius 2 is 2.05 bits per heavy atom. The molecule has 20 heavy (non-hydrogen) atoms. The lowest BCUT2D eigenvalue weighted by atomic mass is 10.1. The largest absolute Gasteiger partial charge is 0.507 e. The minimum atomic E-state index is -0.439. The van der Waals surface area contributed by atoms with Crippen LogP contribution in [0.4, 0.5) is 0 Å². The molecule has 1 aliphatic rings. The molecule has 1 aliphatic heterocycles. The standard InChI is InChI=1S/C14H19N3O3/c1-10-2-3-11(12(18)8-10)14(20)16-9-13(19)17-6-4-15-5-7-17/h2-3,8,15,18H,4-7,9H2,1H3,(H,16,20). The predicted octanol–water partition coefficient (Wildman–Crippen LogP) is -0.138. The number of amides is 2. The molecule has 0 aliphatic carbocycles. The highest BCUT2D eigenvalue weighted by Crippen LogP contribution is 2.17. The summed E-state index contributed by atoms with van der Waals surface area (Å²) in [5.41, 5.74) is 1.06. The molecule has 0 aromatic heterocycles. The maximum atomic E-state index is 11.9. The van der Waals surface area contributed by atoms with Gasteiger partial charge in [-0.15, -0.1) is 0 Å². The van der Waals surface area contributed by atoms with Crippen LogP contribution in [0.2, 0.25) is 0 Å². The summed E-state index contributed by atoms with van der Waals surface area (Å²) < 4.78 is 0. The number of nitrogens with one attached hydrogen (secondary N) is 2. The molecular weight excluding hydrogens is 258 g/mol. The zero-order valence-corrected chi connectivity index (χ0v) is 11.5. The number of phenols is 1. The molecule has 1 aromatic rings. The number of carbonyl (C=O) groups excluding carboxylic acids is 2. The van der Waals surface area contributed by atoms with Gasteiger partial charge in [-0.2, -0.15) is 0 Å². The van der Waals surface area contributed by atoms with Crippen LogP contribution >= 0.6 is 0 Å². The third-order valence-corrected chi connectivity index (χ3v) is 3.27. The van der Waals surface area contributed by atoms with Crippen molar-refractivity contribution in [2.75, 3.05) is 32.7 Å². The van der Waals surface area contributed by atoms with Gasteiger partial charge in [0.15, 0.2) is 0 Å². The van der Waals surface area contributed by atoms with Gasteiger partial charge in [0.05, 0.1) is 12.1 Å². The summed E-state index contributed by atoms with van der Waals surface area (Å²) >= 11 is 0. The van der Waals surface area contributed by atoms with Crippen molar-refractivity contribution in [3.05, 3.63) is 29.3 Å². The van der Waals surface area contributed by atoms with E-state index in [9.17, 15) is 14.7 Å². The average molecular weight is 277 g/mol. The number of phenolic OH excluding ortho intramolecular Hbond substituents is 1. The van der Waals surface area contributed by atoms with Gasteiger partial charge in [0.25, 0.3) is 5.91 Å². The van der Waals surface area contributed by atoms with E-state index < -0.39 is 5.91 Å². The van der Waals surface area contributed by atoms with Crippen LogP contribution in [0, 0.1) is 6.92 Å². The molecule has 108 valence electrons. The van der Waals surface area contributed by atoms with Crippen LogP contribution in [0.5, 0.6) is 5.75 Å². The highest BCUT2D eigenvalue weighted by Gasteiger charge is 2.18. The van der Waals surface area contributed by atoms with E-state index in [2.05, 4.69) is 10.6 Å². The SMILES string of the molecule is Cc1ccc(C(=O)NCC(=O)N2CCNCC2)c(O)c1. The maximum Gasteiger partial charge on any atom is 0.255 e. The Bertz CT molecular complexity index is 510. The number of nitrogens with zero attached hydrogens (tertiary/aromatic N) is 1. The molecule has 1 saturated heterocycles. The summed E-state index contributed by atoms with van der Waals surface area (Å²) in [4.78, 5) is 25.5. The lowest BCUT2D eigenvalue weighted by Gasteiger charge is -2.27. The van der Waals surface area contributed by atoms with Crippen molar-refractivity contribution in [3.8, 4) is 5.75 Å². The number of aromatic hydroxyl groups is 1. The maximum absolute atomic E-state index is 11.9. The van der Waals surface area contributed by atoms with Crippen LogP contribution < -0.4 is 10.6 Å². The summed E-state index contributed by atoms with van der Waals surface area (Å²) in [5.74, 6) is -0.616. The number of carbonyl (C=O) groups is 2. The van der Waals surface area contributed by atoms with Crippen LogP contribution in [0.1, 0.15) is 15.9 Å². The van der Waals surface area contributed by atoms with Gasteiger partial charge >= 0.3 is 0 Å². The lowest BCUT2D eigenvalue weighted by molar-refractivity contribution is -0.130. The number of aryl methyl sites for hydroxylation is 1. The molecule has 0 saturated carbocycles. The first kappa shape index (κ1) is 14.3. The third kappa shape index (κ3) is 3.48. The summed E-state index contributed by atoms with van der Waals surface area (Å²) in [5, 5.41) is 15.4. The minimum absolute atomic E-state index is 0.0495. The van der Waals surface area contributed by atoms with Gasteiger partial charge < -0.3 is 20.6 Å². The molecule has 1 heterocycles. The van der Waals surface area contributed by atoms with Crippen LogP contribution in [0.25, 0.3) is 0 Å². The third-order valence-electron chi connectivity index (χ3n) is 3.27. The van der Waals surface area contributed by atoms with Crippen LogP contribution in [0.3, 0.4) is 0 Å². The van der Waals surface area contributed by atoms with Crippen LogP contribution in [-0.2, 0) is 4.79 Å². The molecule has 3 N–H and O–H groups in total. The van der Waals surface area contributed by atoms with Crippen molar-refractivity contribution in [3.63, 3.8) is 0 Å². The van der Waals surface area contributed by atoms with Gasteiger partial charge in [-0.1, -0.05) is 6.07 Å². The molecule has 1 fully saturated rings. The number of hydrogen-bond acceptors (Lipinski definition) is 4.